The molecule has 1 amide bonds. The van der Waals surface area contributed by atoms with Gasteiger partial charge < -0.3 is 14.8 Å². The second-order valence-electron chi connectivity index (χ2n) is 9.82. The van der Waals surface area contributed by atoms with E-state index in [1.807, 2.05) is 33.8 Å². The smallest absolute Gasteiger partial charge is 0.282 e. The summed E-state index contributed by atoms with van der Waals surface area (Å²) in [5, 5.41) is 8.45. The number of rotatable bonds is 8. The van der Waals surface area contributed by atoms with Crippen molar-refractivity contribution in [3.8, 4) is 11.5 Å². The van der Waals surface area contributed by atoms with Gasteiger partial charge in [-0.25, -0.2) is 4.98 Å². The Morgan fingerprint density at radius 3 is 2.50 bits per heavy atom. The molecule has 1 N–H and O–H groups in total. The average molecular weight is 646 g/mol. The van der Waals surface area contributed by atoms with E-state index in [-0.39, 0.29) is 28.8 Å². The molecule has 0 unspecified atom stereocenters. The summed E-state index contributed by atoms with van der Waals surface area (Å²) in [5.74, 6) is 0.679. The number of ether oxygens (including phenoxy) is 2. The first-order valence-electron chi connectivity index (χ1n) is 12.4. The van der Waals surface area contributed by atoms with Crippen molar-refractivity contribution in [3.63, 3.8) is 0 Å². The molecule has 0 aliphatic carbocycles. The highest BCUT2D eigenvalue weighted by molar-refractivity contribution is 9.10. The first kappa shape index (κ1) is 29.6. The maximum absolute atomic E-state index is 13.4. The van der Waals surface area contributed by atoms with Gasteiger partial charge in [-0.15, -0.1) is 0 Å². The molecule has 0 atom stereocenters. The van der Waals surface area contributed by atoms with E-state index in [9.17, 15) is 9.59 Å². The lowest BCUT2D eigenvalue weighted by atomic mass is 9.95. The van der Waals surface area contributed by atoms with Gasteiger partial charge in [-0.1, -0.05) is 59.9 Å². The Morgan fingerprint density at radius 2 is 1.82 bits per heavy atom. The lowest BCUT2D eigenvalue weighted by molar-refractivity contribution is -0.118. The van der Waals surface area contributed by atoms with Gasteiger partial charge in [0.1, 0.15) is 5.82 Å². The van der Waals surface area contributed by atoms with E-state index >= 15 is 0 Å². The summed E-state index contributed by atoms with van der Waals surface area (Å²) in [4.78, 5) is 30.6. The van der Waals surface area contributed by atoms with Crippen LogP contribution in [0.25, 0.3) is 10.9 Å². The summed E-state index contributed by atoms with van der Waals surface area (Å²) in [7, 11) is 0. The van der Waals surface area contributed by atoms with E-state index in [1.165, 1.54) is 10.9 Å². The van der Waals surface area contributed by atoms with Crippen LogP contribution in [0.15, 0.2) is 69.0 Å². The number of aromatic nitrogens is 2. The molecule has 4 rings (SSSR count). The third-order valence-corrected chi connectivity index (χ3v) is 6.63. The van der Waals surface area contributed by atoms with Crippen LogP contribution in [0, 0.1) is 0 Å². The second kappa shape index (κ2) is 12.4. The number of hydrogen-bond donors (Lipinski definition) is 1. The van der Waals surface area contributed by atoms with Crippen LogP contribution in [0.5, 0.6) is 11.5 Å². The van der Waals surface area contributed by atoms with Crippen molar-refractivity contribution in [2.45, 2.75) is 33.1 Å². The van der Waals surface area contributed by atoms with Crippen molar-refractivity contribution in [1.82, 2.24) is 9.66 Å². The van der Waals surface area contributed by atoms with Crippen LogP contribution in [-0.4, -0.2) is 35.0 Å². The molecule has 0 radical (unpaired) electrons. The van der Waals surface area contributed by atoms with Crippen LogP contribution in [-0.2, 0) is 10.2 Å². The molecule has 0 spiro atoms. The molecule has 8 nitrogen and oxygen atoms in total. The number of carbonyl (C=O) groups is 1. The van der Waals surface area contributed by atoms with E-state index < -0.39 is 5.41 Å². The van der Waals surface area contributed by atoms with Gasteiger partial charge in [-0.3, -0.25) is 9.59 Å². The summed E-state index contributed by atoms with van der Waals surface area (Å²) in [6.07, 6.45) is 1.51. The second-order valence-corrected chi connectivity index (χ2v) is 11.6. The number of carbonyl (C=O) groups excluding carboxylic acids is 1. The van der Waals surface area contributed by atoms with Crippen molar-refractivity contribution in [1.29, 1.82) is 0 Å². The standard InChI is InChI=1S/C29H27BrCl2N4O4/c1-5-39-24-13-17(12-22(32)26(24)40-16-25(37)34-20-9-7-19(31)8-10-20)15-33-36-27(38)21-14-18(30)6-11-23(21)35-28(36)29(2,3)4/h6-15H,5,16H2,1-4H3,(H,34,37). The van der Waals surface area contributed by atoms with E-state index in [0.717, 1.165) is 4.47 Å². The quantitative estimate of drug-likeness (QED) is 0.207. The number of nitrogens with zero attached hydrogens (tertiary/aromatic N) is 3. The molecule has 40 heavy (non-hydrogen) atoms. The van der Waals surface area contributed by atoms with Crippen LogP contribution in [0.2, 0.25) is 10.0 Å². The van der Waals surface area contributed by atoms with Crippen molar-refractivity contribution in [2.75, 3.05) is 18.5 Å². The highest BCUT2D eigenvalue weighted by Gasteiger charge is 2.23. The normalized spacial score (nSPS) is 11.7. The van der Waals surface area contributed by atoms with Gasteiger partial charge in [-0.2, -0.15) is 9.78 Å². The van der Waals surface area contributed by atoms with Gasteiger partial charge in [0.25, 0.3) is 11.5 Å². The number of benzene rings is 3. The third kappa shape index (κ3) is 7.02. The number of hydrogen-bond acceptors (Lipinski definition) is 6. The minimum Gasteiger partial charge on any atom is -0.490 e. The Hall–Kier alpha value is -3.40. The van der Waals surface area contributed by atoms with E-state index in [0.29, 0.717) is 45.4 Å². The lowest BCUT2D eigenvalue weighted by Crippen LogP contribution is -2.29. The predicted molar refractivity (Wildman–Crippen MR) is 164 cm³/mol. The fourth-order valence-corrected chi connectivity index (χ4v) is 4.56. The number of amides is 1. The number of fused-ring (bicyclic) bond motifs is 1. The van der Waals surface area contributed by atoms with E-state index in [2.05, 4.69) is 26.3 Å². The van der Waals surface area contributed by atoms with Gasteiger partial charge in [-0.05, 0) is 67.1 Å². The van der Waals surface area contributed by atoms with Crippen molar-refractivity contribution < 1.29 is 14.3 Å². The summed E-state index contributed by atoms with van der Waals surface area (Å²) in [5.41, 5.74) is 0.979. The van der Waals surface area contributed by atoms with Crippen LogP contribution >= 0.6 is 39.1 Å². The molecule has 0 aliphatic heterocycles. The topological polar surface area (TPSA) is 94.8 Å². The molecule has 0 saturated heterocycles. The molecule has 3 aromatic carbocycles. The van der Waals surface area contributed by atoms with E-state index in [1.54, 1.807) is 48.5 Å². The van der Waals surface area contributed by atoms with Crippen LogP contribution in [0.1, 0.15) is 39.1 Å². The summed E-state index contributed by atoms with van der Waals surface area (Å²) >= 11 is 15.9. The Labute approximate surface area is 250 Å². The summed E-state index contributed by atoms with van der Waals surface area (Å²) in [6, 6.07) is 15.4. The van der Waals surface area contributed by atoms with Gasteiger partial charge in [0.15, 0.2) is 18.1 Å². The Bertz CT molecular complexity index is 1650. The summed E-state index contributed by atoms with van der Waals surface area (Å²) in [6.45, 7) is 7.75. The molecule has 0 saturated carbocycles. The van der Waals surface area contributed by atoms with Gasteiger partial charge in [0.05, 0.1) is 28.7 Å². The van der Waals surface area contributed by atoms with Crippen LogP contribution in [0.4, 0.5) is 5.69 Å². The fraction of sp³-hybridized carbons (Fsp3) is 0.241. The average Bonchev–Trinajstić information content (AvgIpc) is 2.89. The molecule has 208 valence electrons. The molecule has 0 aliphatic rings. The number of halogens is 3. The van der Waals surface area contributed by atoms with Crippen molar-refractivity contribution in [3.05, 3.63) is 90.9 Å². The predicted octanol–water partition coefficient (Wildman–Crippen LogP) is 7.06. The van der Waals surface area contributed by atoms with Crippen molar-refractivity contribution in [2.24, 2.45) is 5.10 Å². The van der Waals surface area contributed by atoms with Gasteiger partial charge in [0, 0.05) is 20.6 Å². The highest BCUT2D eigenvalue weighted by Crippen LogP contribution is 2.36. The van der Waals surface area contributed by atoms with Crippen LogP contribution < -0.4 is 20.3 Å². The molecule has 0 fully saturated rings. The molecular weight excluding hydrogens is 619 g/mol. The SMILES string of the molecule is CCOc1cc(C=Nn2c(C(C)(C)C)nc3ccc(Br)cc3c2=O)cc(Cl)c1OCC(=O)Nc1ccc(Cl)cc1. The summed E-state index contributed by atoms with van der Waals surface area (Å²) < 4.78 is 13.5. The molecular formula is C29H27BrCl2N4O4. The zero-order valence-electron chi connectivity index (χ0n) is 22.3. The minimum atomic E-state index is -0.462. The molecule has 1 heterocycles. The third-order valence-electron chi connectivity index (χ3n) is 5.61. The first-order chi connectivity index (χ1) is 19.0. The highest BCUT2D eigenvalue weighted by atomic mass is 79.9. The zero-order chi connectivity index (χ0) is 29.0. The van der Waals surface area contributed by atoms with Crippen LogP contribution in [0.3, 0.4) is 0 Å². The Balaban J connectivity index is 1.63. The monoisotopic (exact) mass is 644 g/mol. The minimum absolute atomic E-state index is 0.218. The van der Waals surface area contributed by atoms with Crippen molar-refractivity contribution >= 4 is 67.8 Å². The van der Waals surface area contributed by atoms with Gasteiger partial charge >= 0.3 is 0 Å². The first-order valence-corrected chi connectivity index (χ1v) is 13.9. The largest absolute Gasteiger partial charge is 0.490 e. The van der Waals surface area contributed by atoms with Gasteiger partial charge in [0.2, 0.25) is 0 Å². The Morgan fingerprint density at radius 1 is 1.10 bits per heavy atom. The molecule has 1 aromatic heterocycles. The Kier molecular flexibility index (Phi) is 9.18. The number of nitrogens with one attached hydrogen (secondary N) is 1. The maximum atomic E-state index is 13.4. The van der Waals surface area contributed by atoms with E-state index in [4.69, 9.17) is 37.7 Å². The molecule has 11 heteroatoms. The molecule has 4 aromatic rings. The molecule has 0 bridgehead atoms. The zero-order valence-corrected chi connectivity index (χ0v) is 25.4. The lowest BCUT2D eigenvalue weighted by Gasteiger charge is -2.21. The number of anilines is 1. The maximum Gasteiger partial charge on any atom is 0.282 e. The fourth-order valence-electron chi connectivity index (χ4n) is 3.80.